The predicted octanol–water partition coefficient (Wildman–Crippen LogP) is 4.59. The summed E-state index contributed by atoms with van der Waals surface area (Å²) in [4.78, 5) is 19.7. The van der Waals surface area contributed by atoms with Gasteiger partial charge >= 0.3 is 0 Å². The van der Waals surface area contributed by atoms with Crippen molar-refractivity contribution in [1.82, 2.24) is 9.88 Å². The van der Waals surface area contributed by atoms with Gasteiger partial charge in [-0.3, -0.25) is 4.79 Å². The van der Waals surface area contributed by atoms with Crippen molar-refractivity contribution in [3.05, 3.63) is 64.7 Å². The van der Waals surface area contributed by atoms with E-state index in [0.717, 1.165) is 33.3 Å². The fourth-order valence-corrected chi connectivity index (χ4v) is 3.80. The van der Waals surface area contributed by atoms with Gasteiger partial charge in [0, 0.05) is 12.6 Å². The molecule has 0 fully saturated rings. The molecule has 6 heteroatoms. The van der Waals surface area contributed by atoms with Crippen molar-refractivity contribution >= 4 is 17.2 Å². The van der Waals surface area contributed by atoms with Gasteiger partial charge in [-0.05, 0) is 55.8 Å². The van der Waals surface area contributed by atoms with Crippen molar-refractivity contribution in [3.8, 4) is 22.1 Å². The Morgan fingerprint density at radius 3 is 2.54 bits per heavy atom. The molecule has 146 valence electrons. The molecule has 1 aromatic heterocycles. The van der Waals surface area contributed by atoms with Crippen molar-refractivity contribution < 1.29 is 14.3 Å². The molecule has 0 aliphatic heterocycles. The zero-order chi connectivity index (χ0) is 20.1. The highest BCUT2D eigenvalue weighted by Gasteiger charge is 2.19. The van der Waals surface area contributed by atoms with E-state index in [9.17, 15) is 4.79 Å². The molecule has 0 N–H and O–H groups in total. The molecule has 0 aliphatic rings. The number of benzene rings is 2. The normalized spacial score (nSPS) is 10.6. The summed E-state index contributed by atoms with van der Waals surface area (Å²) >= 11 is 1.41. The number of aromatic nitrogens is 1. The smallest absolute Gasteiger partial charge is 0.265 e. The first kappa shape index (κ1) is 19.9. The van der Waals surface area contributed by atoms with Crippen molar-refractivity contribution in [2.75, 3.05) is 27.3 Å². The van der Waals surface area contributed by atoms with Crippen molar-refractivity contribution in [1.29, 1.82) is 0 Å². The summed E-state index contributed by atoms with van der Waals surface area (Å²) in [6, 6.07) is 15.6. The number of methoxy groups -OCH3 is 1. The number of nitrogens with zero attached hydrogens (tertiary/aromatic N) is 2. The number of thiazole rings is 1. The van der Waals surface area contributed by atoms with Gasteiger partial charge in [0.25, 0.3) is 5.91 Å². The SMILES string of the molecule is COc1ccc(-c2nc(C)c(C(=O)N(C)CCOc3cccc(C)c3)s2)cc1. The second-order valence-electron chi connectivity index (χ2n) is 6.55. The number of likely N-dealkylation sites (N-methyl/N-ethyl adjacent to an activating group) is 1. The fraction of sp³-hybridized carbons (Fsp3) is 0.273. The van der Waals surface area contributed by atoms with Crippen LogP contribution >= 0.6 is 11.3 Å². The Balaban J connectivity index is 1.63. The number of amides is 1. The predicted molar refractivity (Wildman–Crippen MR) is 112 cm³/mol. The lowest BCUT2D eigenvalue weighted by atomic mass is 10.2. The molecule has 0 unspecified atom stereocenters. The zero-order valence-corrected chi connectivity index (χ0v) is 17.4. The Kier molecular flexibility index (Phi) is 6.31. The molecule has 1 heterocycles. The number of rotatable bonds is 7. The minimum atomic E-state index is -0.0393. The Morgan fingerprint density at radius 2 is 1.86 bits per heavy atom. The summed E-state index contributed by atoms with van der Waals surface area (Å²) in [5, 5.41) is 0.827. The fourth-order valence-electron chi connectivity index (χ4n) is 2.73. The minimum Gasteiger partial charge on any atom is -0.497 e. The quantitative estimate of drug-likeness (QED) is 0.586. The molecule has 0 spiro atoms. The largest absolute Gasteiger partial charge is 0.497 e. The van der Waals surface area contributed by atoms with E-state index in [0.29, 0.717) is 18.0 Å². The molecule has 0 radical (unpaired) electrons. The average Bonchev–Trinajstić information content (AvgIpc) is 3.09. The maximum absolute atomic E-state index is 12.8. The first-order valence-corrected chi connectivity index (χ1v) is 9.86. The number of ether oxygens (including phenoxy) is 2. The Hall–Kier alpha value is -2.86. The van der Waals surface area contributed by atoms with Crippen LogP contribution in [0.15, 0.2) is 48.5 Å². The van der Waals surface area contributed by atoms with Crippen LogP contribution in [0.5, 0.6) is 11.5 Å². The Morgan fingerprint density at radius 1 is 1.11 bits per heavy atom. The summed E-state index contributed by atoms with van der Waals surface area (Å²) < 4.78 is 10.9. The van der Waals surface area contributed by atoms with E-state index >= 15 is 0 Å². The monoisotopic (exact) mass is 396 g/mol. The van der Waals surface area contributed by atoms with Gasteiger partial charge in [-0.15, -0.1) is 11.3 Å². The molecule has 0 bridgehead atoms. The molecular formula is C22H24N2O3S. The van der Waals surface area contributed by atoms with Gasteiger partial charge in [0.2, 0.25) is 0 Å². The highest BCUT2D eigenvalue weighted by Crippen LogP contribution is 2.29. The van der Waals surface area contributed by atoms with Gasteiger partial charge in [0.05, 0.1) is 19.3 Å². The molecule has 0 saturated heterocycles. The number of carbonyl (C=O) groups excluding carboxylic acids is 1. The second kappa shape index (κ2) is 8.89. The molecule has 0 saturated carbocycles. The molecule has 2 aromatic carbocycles. The van der Waals surface area contributed by atoms with Crippen LogP contribution in [0.1, 0.15) is 20.9 Å². The standard InChI is InChI=1S/C22H24N2O3S/c1-15-6-5-7-19(14-15)27-13-12-24(3)22(25)20-16(2)23-21(28-20)17-8-10-18(26-4)11-9-17/h5-11,14H,12-13H2,1-4H3. The van der Waals surface area contributed by atoms with Crippen LogP contribution in [0.4, 0.5) is 0 Å². The lowest BCUT2D eigenvalue weighted by molar-refractivity contribution is 0.0777. The lowest BCUT2D eigenvalue weighted by Crippen LogP contribution is -2.30. The van der Waals surface area contributed by atoms with E-state index < -0.39 is 0 Å². The average molecular weight is 397 g/mol. The van der Waals surface area contributed by atoms with Gasteiger partial charge in [-0.1, -0.05) is 12.1 Å². The van der Waals surface area contributed by atoms with Crippen LogP contribution in [0, 0.1) is 13.8 Å². The molecular weight excluding hydrogens is 372 g/mol. The molecule has 5 nitrogen and oxygen atoms in total. The van der Waals surface area contributed by atoms with Gasteiger partial charge in [0.1, 0.15) is 28.0 Å². The second-order valence-corrected chi connectivity index (χ2v) is 7.55. The summed E-state index contributed by atoms with van der Waals surface area (Å²) in [6.07, 6.45) is 0. The summed E-state index contributed by atoms with van der Waals surface area (Å²) in [5.74, 6) is 1.57. The Bertz CT molecular complexity index is 951. The van der Waals surface area contributed by atoms with E-state index in [2.05, 4.69) is 4.98 Å². The van der Waals surface area contributed by atoms with Crippen molar-refractivity contribution in [2.45, 2.75) is 13.8 Å². The first-order chi connectivity index (χ1) is 13.5. The number of carbonyl (C=O) groups is 1. The Labute approximate surface area is 169 Å². The lowest BCUT2D eigenvalue weighted by Gasteiger charge is -2.17. The summed E-state index contributed by atoms with van der Waals surface area (Å²) in [5.41, 5.74) is 2.86. The van der Waals surface area contributed by atoms with E-state index in [-0.39, 0.29) is 5.91 Å². The number of hydrogen-bond donors (Lipinski definition) is 0. The number of hydrogen-bond acceptors (Lipinski definition) is 5. The molecule has 1 amide bonds. The first-order valence-electron chi connectivity index (χ1n) is 9.04. The van der Waals surface area contributed by atoms with Crippen LogP contribution in [-0.4, -0.2) is 43.1 Å². The minimum absolute atomic E-state index is 0.0393. The third kappa shape index (κ3) is 4.70. The van der Waals surface area contributed by atoms with E-state index in [4.69, 9.17) is 9.47 Å². The molecule has 28 heavy (non-hydrogen) atoms. The third-order valence-electron chi connectivity index (χ3n) is 4.36. The van der Waals surface area contributed by atoms with Crippen LogP contribution in [0.3, 0.4) is 0 Å². The van der Waals surface area contributed by atoms with E-state index in [1.54, 1.807) is 19.1 Å². The van der Waals surface area contributed by atoms with Crippen molar-refractivity contribution in [3.63, 3.8) is 0 Å². The van der Waals surface area contributed by atoms with Gasteiger partial charge < -0.3 is 14.4 Å². The maximum Gasteiger partial charge on any atom is 0.265 e. The topological polar surface area (TPSA) is 51.7 Å². The summed E-state index contributed by atoms with van der Waals surface area (Å²) in [6.45, 7) is 4.83. The zero-order valence-electron chi connectivity index (χ0n) is 16.6. The molecule has 0 atom stereocenters. The van der Waals surface area contributed by atoms with Crippen molar-refractivity contribution in [2.24, 2.45) is 0 Å². The van der Waals surface area contributed by atoms with Crippen LogP contribution in [0.2, 0.25) is 0 Å². The van der Waals surface area contributed by atoms with Gasteiger partial charge in [-0.25, -0.2) is 4.98 Å². The van der Waals surface area contributed by atoms with Crippen LogP contribution in [0.25, 0.3) is 10.6 Å². The molecule has 0 aliphatic carbocycles. The summed E-state index contributed by atoms with van der Waals surface area (Å²) in [7, 11) is 3.42. The van der Waals surface area contributed by atoms with Crippen LogP contribution in [-0.2, 0) is 0 Å². The highest BCUT2D eigenvalue weighted by atomic mass is 32.1. The van der Waals surface area contributed by atoms with E-state index in [1.165, 1.54) is 11.3 Å². The van der Waals surface area contributed by atoms with Crippen LogP contribution < -0.4 is 9.47 Å². The van der Waals surface area contributed by atoms with Gasteiger partial charge in [-0.2, -0.15) is 0 Å². The molecule has 3 rings (SSSR count). The third-order valence-corrected chi connectivity index (χ3v) is 5.55. The highest BCUT2D eigenvalue weighted by molar-refractivity contribution is 7.17. The maximum atomic E-state index is 12.8. The van der Waals surface area contributed by atoms with Gasteiger partial charge in [0.15, 0.2) is 0 Å². The number of aryl methyl sites for hydroxylation is 2. The van der Waals surface area contributed by atoms with E-state index in [1.807, 2.05) is 62.4 Å². The molecule has 3 aromatic rings.